The van der Waals surface area contributed by atoms with Gasteiger partial charge in [0.25, 0.3) is 0 Å². The standard InChI is InChI=1S/C12H18N2O2/c1-2-3-7-10-16-14(12(13)15)11-8-5-4-6-9-11/h4-6,8-9H,2-3,7,10H2,1H3,(H2,13,15). The molecule has 1 rings (SSSR count). The van der Waals surface area contributed by atoms with Gasteiger partial charge in [-0.1, -0.05) is 38.0 Å². The molecule has 0 atom stereocenters. The molecule has 2 amide bonds. The van der Waals surface area contributed by atoms with Crippen LogP contribution in [-0.2, 0) is 4.84 Å². The Bertz CT molecular complexity index is 314. The van der Waals surface area contributed by atoms with Crippen molar-refractivity contribution in [3.8, 4) is 0 Å². The first-order chi connectivity index (χ1) is 7.75. The predicted molar refractivity (Wildman–Crippen MR) is 64.0 cm³/mol. The van der Waals surface area contributed by atoms with E-state index in [0.717, 1.165) is 24.3 Å². The number of nitrogens with zero attached hydrogens (tertiary/aromatic N) is 1. The lowest BCUT2D eigenvalue weighted by atomic mass is 10.3. The number of amides is 2. The van der Waals surface area contributed by atoms with Crippen molar-refractivity contribution < 1.29 is 9.63 Å². The maximum atomic E-state index is 11.2. The van der Waals surface area contributed by atoms with Crippen molar-refractivity contribution in [2.45, 2.75) is 26.2 Å². The Kier molecular flexibility index (Phi) is 5.36. The number of rotatable bonds is 6. The van der Waals surface area contributed by atoms with Gasteiger partial charge in [-0.05, 0) is 18.6 Å². The highest BCUT2D eigenvalue weighted by Gasteiger charge is 2.12. The Morgan fingerprint density at radius 2 is 2.00 bits per heavy atom. The largest absolute Gasteiger partial charge is 0.349 e. The number of urea groups is 1. The van der Waals surface area contributed by atoms with Crippen LogP contribution in [0.3, 0.4) is 0 Å². The van der Waals surface area contributed by atoms with E-state index in [1.807, 2.05) is 18.2 Å². The van der Waals surface area contributed by atoms with Gasteiger partial charge in [0.2, 0.25) is 0 Å². The number of benzene rings is 1. The molecule has 4 nitrogen and oxygen atoms in total. The monoisotopic (exact) mass is 222 g/mol. The zero-order valence-corrected chi connectivity index (χ0v) is 9.56. The SMILES string of the molecule is CCCCCON(C(N)=O)c1ccccc1. The third kappa shape index (κ3) is 3.90. The highest BCUT2D eigenvalue weighted by molar-refractivity contribution is 5.88. The molecule has 0 aliphatic heterocycles. The molecule has 0 radical (unpaired) electrons. The number of primary amides is 1. The Hall–Kier alpha value is -1.55. The van der Waals surface area contributed by atoms with Crippen molar-refractivity contribution in [1.29, 1.82) is 0 Å². The van der Waals surface area contributed by atoms with E-state index < -0.39 is 6.03 Å². The molecule has 0 bridgehead atoms. The van der Waals surface area contributed by atoms with Gasteiger partial charge in [-0.3, -0.25) is 4.84 Å². The maximum absolute atomic E-state index is 11.2. The number of para-hydroxylation sites is 1. The molecular weight excluding hydrogens is 204 g/mol. The van der Waals surface area contributed by atoms with Crippen molar-refractivity contribution in [1.82, 2.24) is 0 Å². The third-order valence-corrected chi connectivity index (χ3v) is 2.16. The summed E-state index contributed by atoms with van der Waals surface area (Å²) in [6.07, 6.45) is 3.12. The molecule has 2 N–H and O–H groups in total. The molecule has 16 heavy (non-hydrogen) atoms. The number of hydroxylamine groups is 1. The Morgan fingerprint density at radius 1 is 1.31 bits per heavy atom. The molecule has 1 aromatic carbocycles. The molecule has 0 spiro atoms. The minimum Gasteiger partial charge on any atom is -0.349 e. The first-order valence-corrected chi connectivity index (χ1v) is 5.53. The topological polar surface area (TPSA) is 55.6 Å². The lowest BCUT2D eigenvalue weighted by molar-refractivity contribution is 0.117. The molecule has 4 heteroatoms. The minimum absolute atomic E-state index is 0.506. The molecule has 0 fully saturated rings. The van der Waals surface area contributed by atoms with Gasteiger partial charge in [-0.2, -0.15) is 5.06 Å². The van der Waals surface area contributed by atoms with Crippen LogP contribution in [0.4, 0.5) is 10.5 Å². The number of hydrogen-bond donors (Lipinski definition) is 1. The van der Waals surface area contributed by atoms with Crippen LogP contribution in [0.15, 0.2) is 30.3 Å². The summed E-state index contributed by atoms with van der Waals surface area (Å²) in [5, 5.41) is 1.13. The fraction of sp³-hybridized carbons (Fsp3) is 0.417. The van der Waals surface area contributed by atoms with E-state index in [0.29, 0.717) is 12.3 Å². The summed E-state index contributed by atoms with van der Waals surface area (Å²) in [6.45, 7) is 2.62. The second-order valence-electron chi connectivity index (χ2n) is 3.51. The number of hydrogen-bond acceptors (Lipinski definition) is 2. The summed E-state index contributed by atoms with van der Waals surface area (Å²) >= 11 is 0. The number of carbonyl (C=O) groups excluding carboxylic acids is 1. The summed E-state index contributed by atoms with van der Waals surface area (Å²) in [5.41, 5.74) is 5.90. The molecule has 0 aliphatic carbocycles. The van der Waals surface area contributed by atoms with E-state index in [1.54, 1.807) is 12.1 Å². The van der Waals surface area contributed by atoms with Crippen LogP contribution < -0.4 is 10.8 Å². The highest BCUT2D eigenvalue weighted by Crippen LogP contribution is 2.13. The van der Waals surface area contributed by atoms with Gasteiger partial charge in [-0.15, -0.1) is 0 Å². The first-order valence-electron chi connectivity index (χ1n) is 5.53. The quantitative estimate of drug-likeness (QED) is 0.594. The molecule has 0 aromatic heterocycles. The van der Waals surface area contributed by atoms with E-state index in [2.05, 4.69) is 6.92 Å². The fourth-order valence-corrected chi connectivity index (χ4v) is 1.34. The minimum atomic E-state index is -0.595. The van der Waals surface area contributed by atoms with E-state index >= 15 is 0 Å². The molecule has 0 saturated carbocycles. The van der Waals surface area contributed by atoms with E-state index in [1.165, 1.54) is 0 Å². The summed E-state index contributed by atoms with van der Waals surface area (Å²) in [4.78, 5) is 16.5. The number of anilines is 1. The molecular formula is C12H18N2O2. The van der Waals surface area contributed by atoms with Crippen molar-refractivity contribution in [2.24, 2.45) is 5.73 Å². The van der Waals surface area contributed by atoms with Gasteiger partial charge in [0.05, 0.1) is 12.3 Å². The molecule has 0 heterocycles. The van der Waals surface area contributed by atoms with Gasteiger partial charge in [0, 0.05) is 0 Å². The summed E-state index contributed by atoms with van der Waals surface area (Å²) in [5.74, 6) is 0. The average Bonchev–Trinajstić information content (AvgIpc) is 2.30. The Balaban J connectivity index is 2.52. The smallest absolute Gasteiger partial charge is 0.343 e. The van der Waals surface area contributed by atoms with Crippen LogP contribution >= 0.6 is 0 Å². The van der Waals surface area contributed by atoms with Gasteiger partial charge in [-0.25, -0.2) is 4.79 Å². The Morgan fingerprint density at radius 3 is 2.56 bits per heavy atom. The summed E-state index contributed by atoms with van der Waals surface area (Å²) < 4.78 is 0. The highest BCUT2D eigenvalue weighted by atomic mass is 16.7. The zero-order chi connectivity index (χ0) is 11.8. The number of unbranched alkanes of at least 4 members (excludes halogenated alkanes) is 2. The van der Waals surface area contributed by atoms with Crippen LogP contribution in [0.25, 0.3) is 0 Å². The van der Waals surface area contributed by atoms with Crippen LogP contribution in [0.2, 0.25) is 0 Å². The molecule has 88 valence electrons. The average molecular weight is 222 g/mol. The molecule has 0 aliphatic rings. The van der Waals surface area contributed by atoms with Crippen molar-refractivity contribution >= 4 is 11.7 Å². The second-order valence-corrected chi connectivity index (χ2v) is 3.51. The van der Waals surface area contributed by atoms with E-state index in [4.69, 9.17) is 10.6 Å². The first kappa shape index (κ1) is 12.5. The second kappa shape index (κ2) is 6.85. The lowest BCUT2D eigenvalue weighted by Crippen LogP contribution is -2.36. The van der Waals surface area contributed by atoms with Crippen LogP contribution in [0, 0.1) is 0 Å². The van der Waals surface area contributed by atoms with Crippen molar-refractivity contribution in [2.75, 3.05) is 11.7 Å². The summed E-state index contributed by atoms with van der Waals surface area (Å²) in [6, 6.07) is 8.51. The number of carbonyl (C=O) groups is 1. The number of nitrogens with two attached hydrogens (primary N) is 1. The summed E-state index contributed by atoms with van der Waals surface area (Å²) in [7, 11) is 0. The zero-order valence-electron chi connectivity index (χ0n) is 9.56. The third-order valence-electron chi connectivity index (χ3n) is 2.16. The van der Waals surface area contributed by atoms with Crippen molar-refractivity contribution in [3.63, 3.8) is 0 Å². The van der Waals surface area contributed by atoms with Gasteiger partial charge >= 0.3 is 6.03 Å². The molecule has 1 aromatic rings. The van der Waals surface area contributed by atoms with Crippen LogP contribution in [0.5, 0.6) is 0 Å². The lowest BCUT2D eigenvalue weighted by Gasteiger charge is -2.19. The van der Waals surface area contributed by atoms with Crippen molar-refractivity contribution in [3.05, 3.63) is 30.3 Å². The van der Waals surface area contributed by atoms with Gasteiger partial charge in [0.15, 0.2) is 0 Å². The molecule has 0 saturated heterocycles. The van der Waals surface area contributed by atoms with Crippen LogP contribution in [-0.4, -0.2) is 12.6 Å². The van der Waals surface area contributed by atoms with E-state index in [-0.39, 0.29) is 0 Å². The van der Waals surface area contributed by atoms with E-state index in [9.17, 15) is 4.79 Å². The molecule has 0 unspecified atom stereocenters. The maximum Gasteiger partial charge on any atom is 0.343 e. The Labute approximate surface area is 95.9 Å². The van der Waals surface area contributed by atoms with Gasteiger partial charge in [0.1, 0.15) is 0 Å². The normalized spacial score (nSPS) is 10.1. The van der Waals surface area contributed by atoms with Crippen LogP contribution in [0.1, 0.15) is 26.2 Å². The fourth-order valence-electron chi connectivity index (χ4n) is 1.34. The van der Waals surface area contributed by atoms with Gasteiger partial charge < -0.3 is 5.73 Å². The predicted octanol–water partition coefficient (Wildman–Crippen LogP) is 2.69.